The highest BCUT2D eigenvalue weighted by Gasteiger charge is 2.41. The maximum atomic E-state index is 11.9. The van der Waals surface area contributed by atoms with Gasteiger partial charge in [0.25, 0.3) is 0 Å². The molecule has 0 aliphatic carbocycles. The number of ether oxygens (including phenoxy) is 1. The third kappa shape index (κ3) is 1.92. The van der Waals surface area contributed by atoms with Crippen LogP contribution < -0.4 is 0 Å². The maximum absolute atomic E-state index is 11.9. The van der Waals surface area contributed by atoms with Crippen molar-refractivity contribution in [2.75, 3.05) is 13.2 Å². The molecule has 2 rings (SSSR count). The van der Waals surface area contributed by atoms with Crippen molar-refractivity contribution in [3.05, 3.63) is 0 Å². The van der Waals surface area contributed by atoms with Gasteiger partial charge in [0, 0.05) is 13.0 Å². The molecule has 3 heteroatoms. The molecule has 14 heavy (non-hydrogen) atoms. The van der Waals surface area contributed by atoms with Crippen LogP contribution in [-0.2, 0) is 9.53 Å². The fraction of sp³-hybridized carbons (Fsp3) is 0.909. The van der Waals surface area contributed by atoms with Crippen LogP contribution in [-0.4, -0.2) is 36.1 Å². The Kier molecular flexibility index (Phi) is 2.30. The number of rotatable bonds is 1. The van der Waals surface area contributed by atoms with Crippen LogP contribution in [0, 0.1) is 5.41 Å². The predicted molar refractivity (Wildman–Crippen MR) is 53.9 cm³/mol. The largest absolute Gasteiger partial charge is 0.374 e. The van der Waals surface area contributed by atoms with E-state index in [0.717, 1.165) is 19.6 Å². The van der Waals surface area contributed by atoms with Gasteiger partial charge in [0.1, 0.15) is 0 Å². The SMILES string of the molecule is CC(C)(C)CC(=O)N1C[C@@H]2C[C@H]1CO2. The van der Waals surface area contributed by atoms with Crippen LogP contribution in [0.25, 0.3) is 0 Å². The lowest BCUT2D eigenvalue weighted by Crippen LogP contribution is -2.42. The zero-order chi connectivity index (χ0) is 10.3. The first-order chi connectivity index (χ1) is 6.46. The van der Waals surface area contributed by atoms with Gasteiger partial charge in [-0.25, -0.2) is 0 Å². The van der Waals surface area contributed by atoms with Gasteiger partial charge in [-0.15, -0.1) is 0 Å². The molecule has 0 aromatic carbocycles. The summed E-state index contributed by atoms with van der Waals surface area (Å²) in [5.41, 5.74) is 0.0970. The van der Waals surface area contributed by atoms with Gasteiger partial charge in [-0.3, -0.25) is 4.79 Å². The van der Waals surface area contributed by atoms with Crippen LogP contribution in [0.4, 0.5) is 0 Å². The van der Waals surface area contributed by atoms with Crippen molar-refractivity contribution in [2.45, 2.75) is 45.8 Å². The van der Waals surface area contributed by atoms with Crippen LogP contribution in [0.15, 0.2) is 0 Å². The van der Waals surface area contributed by atoms with Crippen LogP contribution in [0.5, 0.6) is 0 Å². The zero-order valence-electron chi connectivity index (χ0n) is 9.25. The monoisotopic (exact) mass is 197 g/mol. The highest BCUT2D eigenvalue weighted by Crippen LogP contribution is 2.30. The average Bonchev–Trinajstić information content (AvgIpc) is 2.59. The Bertz CT molecular complexity index is 244. The molecule has 0 radical (unpaired) electrons. The highest BCUT2D eigenvalue weighted by atomic mass is 16.5. The molecule has 3 nitrogen and oxygen atoms in total. The number of carbonyl (C=O) groups is 1. The fourth-order valence-electron chi connectivity index (χ4n) is 2.26. The third-order valence-electron chi connectivity index (χ3n) is 2.90. The summed E-state index contributed by atoms with van der Waals surface area (Å²) in [4.78, 5) is 13.9. The van der Waals surface area contributed by atoms with Crippen LogP contribution in [0.1, 0.15) is 33.6 Å². The predicted octanol–water partition coefficient (Wildman–Crippen LogP) is 1.42. The van der Waals surface area contributed by atoms with E-state index in [2.05, 4.69) is 20.8 Å². The van der Waals surface area contributed by atoms with Gasteiger partial charge in [-0.2, -0.15) is 0 Å². The van der Waals surface area contributed by atoms with Gasteiger partial charge in [0.2, 0.25) is 5.91 Å². The second-order valence-corrected chi connectivity index (χ2v) is 5.63. The number of morpholine rings is 1. The Balaban J connectivity index is 1.93. The lowest BCUT2D eigenvalue weighted by Gasteiger charge is -2.29. The molecule has 2 saturated heterocycles. The van der Waals surface area contributed by atoms with Crippen LogP contribution in [0.2, 0.25) is 0 Å². The maximum Gasteiger partial charge on any atom is 0.223 e. The first-order valence-corrected chi connectivity index (χ1v) is 5.37. The zero-order valence-corrected chi connectivity index (χ0v) is 9.25. The van der Waals surface area contributed by atoms with Gasteiger partial charge in [0.05, 0.1) is 18.8 Å². The fourth-order valence-corrected chi connectivity index (χ4v) is 2.26. The molecule has 0 aromatic heterocycles. The van der Waals surface area contributed by atoms with Crippen molar-refractivity contribution in [3.63, 3.8) is 0 Å². The molecule has 0 aromatic rings. The standard InChI is InChI=1S/C11H19NO2/c1-11(2,3)5-10(13)12-6-9-4-8(12)7-14-9/h8-9H,4-7H2,1-3H3/t8-,9-/m0/s1. The number of carbonyl (C=O) groups excluding carboxylic acids is 1. The molecule has 2 bridgehead atoms. The third-order valence-corrected chi connectivity index (χ3v) is 2.90. The van der Waals surface area contributed by atoms with Crippen molar-refractivity contribution in [1.29, 1.82) is 0 Å². The Morgan fingerprint density at radius 2 is 2.21 bits per heavy atom. The molecule has 0 saturated carbocycles. The summed E-state index contributed by atoms with van der Waals surface area (Å²) in [6, 6.07) is 0.370. The lowest BCUT2D eigenvalue weighted by atomic mass is 9.91. The van der Waals surface area contributed by atoms with Gasteiger partial charge >= 0.3 is 0 Å². The summed E-state index contributed by atoms with van der Waals surface area (Å²) in [6.07, 6.45) is 2.02. The van der Waals surface area contributed by atoms with E-state index < -0.39 is 0 Å². The van der Waals surface area contributed by atoms with E-state index in [4.69, 9.17) is 4.74 Å². The molecule has 0 unspecified atom stereocenters. The molecular formula is C11H19NO2. The summed E-state index contributed by atoms with van der Waals surface area (Å²) >= 11 is 0. The minimum atomic E-state index is 0.0970. The second-order valence-electron chi connectivity index (χ2n) is 5.63. The summed E-state index contributed by atoms with van der Waals surface area (Å²) < 4.78 is 5.47. The molecule has 80 valence electrons. The van der Waals surface area contributed by atoms with Gasteiger partial charge < -0.3 is 9.64 Å². The number of nitrogens with zero attached hydrogens (tertiary/aromatic N) is 1. The van der Waals surface area contributed by atoms with E-state index in [1.54, 1.807) is 0 Å². The van der Waals surface area contributed by atoms with Gasteiger partial charge in [-0.05, 0) is 11.8 Å². The highest BCUT2D eigenvalue weighted by molar-refractivity contribution is 5.77. The number of hydrogen-bond donors (Lipinski definition) is 0. The molecule has 2 aliphatic heterocycles. The number of fused-ring (bicyclic) bond motifs is 2. The Morgan fingerprint density at radius 3 is 2.64 bits per heavy atom. The van der Waals surface area contributed by atoms with Crippen molar-refractivity contribution in [3.8, 4) is 0 Å². The number of hydrogen-bond acceptors (Lipinski definition) is 2. The van der Waals surface area contributed by atoms with E-state index in [0.29, 0.717) is 24.5 Å². The molecule has 0 N–H and O–H groups in total. The summed E-state index contributed by atoms with van der Waals surface area (Å²) in [5.74, 6) is 0.299. The average molecular weight is 197 g/mol. The van der Waals surface area contributed by atoms with Gasteiger partial charge in [0.15, 0.2) is 0 Å². The minimum Gasteiger partial charge on any atom is -0.374 e. The lowest BCUT2D eigenvalue weighted by molar-refractivity contribution is -0.137. The molecule has 1 amide bonds. The smallest absolute Gasteiger partial charge is 0.223 e. The second kappa shape index (κ2) is 3.23. The topological polar surface area (TPSA) is 29.5 Å². The molecule has 2 fully saturated rings. The molecular weight excluding hydrogens is 178 g/mol. The first-order valence-electron chi connectivity index (χ1n) is 5.37. The van der Waals surface area contributed by atoms with Crippen LogP contribution in [0.3, 0.4) is 0 Å². The van der Waals surface area contributed by atoms with Crippen molar-refractivity contribution in [2.24, 2.45) is 5.41 Å². The molecule has 2 heterocycles. The molecule has 2 atom stereocenters. The summed E-state index contributed by atoms with van der Waals surface area (Å²) in [6.45, 7) is 7.89. The molecule has 0 spiro atoms. The normalized spacial score (nSPS) is 31.2. The van der Waals surface area contributed by atoms with E-state index in [1.807, 2.05) is 4.90 Å². The molecule has 2 aliphatic rings. The van der Waals surface area contributed by atoms with Crippen molar-refractivity contribution < 1.29 is 9.53 Å². The quantitative estimate of drug-likeness (QED) is 0.636. The van der Waals surface area contributed by atoms with Crippen molar-refractivity contribution in [1.82, 2.24) is 4.90 Å². The van der Waals surface area contributed by atoms with E-state index in [1.165, 1.54) is 0 Å². The summed E-state index contributed by atoms with van der Waals surface area (Å²) in [7, 11) is 0. The number of amides is 1. The number of likely N-dealkylation sites (tertiary alicyclic amines) is 1. The minimum absolute atomic E-state index is 0.0970. The van der Waals surface area contributed by atoms with Crippen LogP contribution >= 0.6 is 0 Å². The van der Waals surface area contributed by atoms with Gasteiger partial charge in [-0.1, -0.05) is 20.8 Å². The Labute approximate surface area is 85.4 Å². The van der Waals surface area contributed by atoms with E-state index in [-0.39, 0.29) is 5.41 Å². The van der Waals surface area contributed by atoms with Crippen molar-refractivity contribution >= 4 is 5.91 Å². The first kappa shape index (κ1) is 9.97. The Hall–Kier alpha value is -0.570. The Morgan fingerprint density at radius 1 is 1.50 bits per heavy atom. The van der Waals surface area contributed by atoms with E-state index >= 15 is 0 Å². The van der Waals surface area contributed by atoms with E-state index in [9.17, 15) is 4.79 Å². The summed E-state index contributed by atoms with van der Waals surface area (Å²) in [5, 5.41) is 0.